The Labute approximate surface area is 121 Å². The highest BCUT2D eigenvalue weighted by molar-refractivity contribution is 6.18. The van der Waals surface area contributed by atoms with Gasteiger partial charge in [-0.15, -0.1) is 11.6 Å². The van der Waals surface area contributed by atoms with Crippen LogP contribution in [0.2, 0.25) is 0 Å². The zero-order valence-electron chi connectivity index (χ0n) is 12.9. The van der Waals surface area contributed by atoms with Crippen LogP contribution in [0.3, 0.4) is 0 Å². The SMILES string of the molecule is CCCCCCCCCCCCCC(CC)CCl. The van der Waals surface area contributed by atoms with Gasteiger partial charge >= 0.3 is 0 Å². The Morgan fingerprint density at radius 3 is 1.50 bits per heavy atom. The van der Waals surface area contributed by atoms with Crippen LogP contribution in [0.4, 0.5) is 0 Å². The molecule has 0 aromatic heterocycles. The minimum atomic E-state index is 0.769. The summed E-state index contributed by atoms with van der Waals surface area (Å²) in [5.41, 5.74) is 0. The average Bonchev–Trinajstić information content (AvgIpc) is 2.40. The molecule has 0 nitrogen and oxygen atoms in total. The Morgan fingerprint density at radius 2 is 1.11 bits per heavy atom. The van der Waals surface area contributed by atoms with Crippen molar-refractivity contribution in [2.24, 2.45) is 5.92 Å². The first-order valence-corrected chi connectivity index (χ1v) is 8.94. The molecule has 18 heavy (non-hydrogen) atoms. The van der Waals surface area contributed by atoms with E-state index in [0.717, 1.165) is 11.8 Å². The van der Waals surface area contributed by atoms with Crippen LogP contribution in [-0.4, -0.2) is 5.88 Å². The van der Waals surface area contributed by atoms with Gasteiger partial charge in [0.05, 0.1) is 0 Å². The first-order valence-electron chi connectivity index (χ1n) is 8.41. The summed E-state index contributed by atoms with van der Waals surface area (Å²) in [6.45, 7) is 4.54. The van der Waals surface area contributed by atoms with E-state index in [9.17, 15) is 0 Å². The van der Waals surface area contributed by atoms with Crippen molar-refractivity contribution in [3.8, 4) is 0 Å². The number of hydrogen-bond acceptors (Lipinski definition) is 0. The van der Waals surface area contributed by atoms with E-state index in [1.54, 1.807) is 0 Å². The quantitative estimate of drug-likeness (QED) is 0.237. The maximum atomic E-state index is 5.90. The van der Waals surface area contributed by atoms with Crippen molar-refractivity contribution >= 4 is 11.6 Å². The highest BCUT2D eigenvalue weighted by Crippen LogP contribution is 2.16. The van der Waals surface area contributed by atoms with E-state index >= 15 is 0 Å². The standard InChI is InChI=1S/C17H35Cl/c1-3-5-6-7-8-9-10-11-12-13-14-15-17(4-2)16-18/h17H,3-16H2,1-2H3. The van der Waals surface area contributed by atoms with Crippen LogP contribution in [0.5, 0.6) is 0 Å². The van der Waals surface area contributed by atoms with Gasteiger partial charge in [0.1, 0.15) is 0 Å². The van der Waals surface area contributed by atoms with Gasteiger partial charge in [-0.25, -0.2) is 0 Å². The van der Waals surface area contributed by atoms with Crippen molar-refractivity contribution in [3.63, 3.8) is 0 Å². The number of halogens is 1. The van der Waals surface area contributed by atoms with E-state index in [2.05, 4.69) is 13.8 Å². The van der Waals surface area contributed by atoms with Crippen LogP contribution in [0.25, 0.3) is 0 Å². The fourth-order valence-corrected chi connectivity index (χ4v) is 2.86. The number of rotatable bonds is 14. The molecule has 0 fully saturated rings. The molecule has 0 amide bonds. The first-order chi connectivity index (χ1) is 8.85. The minimum absolute atomic E-state index is 0.769. The van der Waals surface area contributed by atoms with Crippen LogP contribution >= 0.6 is 11.6 Å². The monoisotopic (exact) mass is 274 g/mol. The molecule has 0 aliphatic rings. The van der Waals surface area contributed by atoms with E-state index in [0.29, 0.717) is 0 Å². The van der Waals surface area contributed by atoms with Crippen molar-refractivity contribution in [3.05, 3.63) is 0 Å². The third-order valence-corrected chi connectivity index (χ3v) is 4.45. The number of unbranched alkanes of at least 4 members (excludes halogenated alkanes) is 10. The van der Waals surface area contributed by atoms with Crippen molar-refractivity contribution in [2.75, 3.05) is 5.88 Å². The van der Waals surface area contributed by atoms with E-state index in [1.165, 1.54) is 83.5 Å². The lowest BCUT2D eigenvalue weighted by Gasteiger charge is -2.10. The number of hydrogen-bond donors (Lipinski definition) is 0. The second-order valence-electron chi connectivity index (χ2n) is 5.75. The summed E-state index contributed by atoms with van der Waals surface area (Å²) in [6, 6.07) is 0. The van der Waals surface area contributed by atoms with Crippen LogP contribution in [0.15, 0.2) is 0 Å². The molecule has 0 radical (unpaired) electrons. The van der Waals surface area contributed by atoms with Crippen molar-refractivity contribution in [2.45, 2.75) is 97.3 Å². The molecule has 0 spiro atoms. The lowest BCUT2D eigenvalue weighted by molar-refractivity contribution is 0.472. The summed E-state index contributed by atoms with van der Waals surface area (Å²) >= 11 is 5.90. The predicted molar refractivity (Wildman–Crippen MR) is 85.6 cm³/mol. The molecule has 0 saturated heterocycles. The topological polar surface area (TPSA) is 0 Å². The van der Waals surface area contributed by atoms with Gasteiger partial charge in [-0.1, -0.05) is 90.9 Å². The Bertz CT molecular complexity index is 141. The van der Waals surface area contributed by atoms with Gasteiger partial charge in [0.25, 0.3) is 0 Å². The van der Waals surface area contributed by atoms with Crippen molar-refractivity contribution < 1.29 is 0 Å². The molecular formula is C17H35Cl. The molecule has 0 rings (SSSR count). The second kappa shape index (κ2) is 15.3. The highest BCUT2D eigenvalue weighted by atomic mass is 35.5. The van der Waals surface area contributed by atoms with Crippen LogP contribution in [0.1, 0.15) is 97.3 Å². The third kappa shape index (κ3) is 12.7. The van der Waals surface area contributed by atoms with Crippen molar-refractivity contribution in [1.82, 2.24) is 0 Å². The van der Waals surface area contributed by atoms with Gasteiger partial charge in [-0.05, 0) is 12.3 Å². The Hall–Kier alpha value is 0.290. The Kier molecular flexibility index (Phi) is 15.6. The van der Waals surface area contributed by atoms with Gasteiger partial charge in [-0.2, -0.15) is 0 Å². The summed E-state index contributed by atoms with van der Waals surface area (Å²) in [5.74, 6) is 1.62. The fraction of sp³-hybridized carbons (Fsp3) is 1.00. The third-order valence-electron chi connectivity index (χ3n) is 4.01. The smallest absolute Gasteiger partial charge is 0.0251 e. The molecule has 0 heterocycles. The molecule has 110 valence electrons. The van der Waals surface area contributed by atoms with E-state index in [1.807, 2.05) is 0 Å². The van der Waals surface area contributed by atoms with E-state index < -0.39 is 0 Å². The summed E-state index contributed by atoms with van der Waals surface area (Å²) < 4.78 is 0. The molecule has 1 atom stereocenters. The highest BCUT2D eigenvalue weighted by Gasteiger charge is 2.03. The van der Waals surface area contributed by atoms with Gasteiger partial charge < -0.3 is 0 Å². The summed E-state index contributed by atoms with van der Waals surface area (Å²) in [4.78, 5) is 0. The van der Waals surface area contributed by atoms with Gasteiger partial charge in [0.2, 0.25) is 0 Å². The number of alkyl halides is 1. The lowest BCUT2D eigenvalue weighted by Crippen LogP contribution is -1.99. The second-order valence-corrected chi connectivity index (χ2v) is 6.06. The normalized spacial score (nSPS) is 12.8. The van der Waals surface area contributed by atoms with Gasteiger partial charge in [0, 0.05) is 5.88 Å². The molecule has 0 aromatic carbocycles. The largest absolute Gasteiger partial charge is 0.126 e. The van der Waals surface area contributed by atoms with Crippen LogP contribution < -0.4 is 0 Å². The molecule has 0 saturated carbocycles. The molecule has 1 unspecified atom stereocenters. The average molecular weight is 275 g/mol. The maximum Gasteiger partial charge on any atom is 0.0251 e. The molecule has 0 N–H and O–H groups in total. The first kappa shape index (κ1) is 18.3. The summed E-state index contributed by atoms with van der Waals surface area (Å²) in [5, 5.41) is 0. The Balaban J connectivity index is 3.03. The lowest BCUT2D eigenvalue weighted by atomic mass is 9.99. The van der Waals surface area contributed by atoms with Crippen LogP contribution in [0, 0.1) is 5.92 Å². The molecule has 0 aliphatic carbocycles. The summed E-state index contributed by atoms with van der Waals surface area (Å²) in [7, 11) is 0. The maximum absolute atomic E-state index is 5.90. The van der Waals surface area contributed by atoms with Crippen LogP contribution in [-0.2, 0) is 0 Å². The molecular weight excluding hydrogens is 240 g/mol. The van der Waals surface area contributed by atoms with E-state index in [4.69, 9.17) is 11.6 Å². The Morgan fingerprint density at radius 1 is 0.667 bits per heavy atom. The molecule has 0 bridgehead atoms. The molecule has 0 aromatic rings. The van der Waals surface area contributed by atoms with Gasteiger partial charge in [0.15, 0.2) is 0 Å². The summed E-state index contributed by atoms with van der Waals surface area (Å²) in [6.07, 6.45) is 18.4. The predicted octanol–water partition coefficient (Wildman–Crippen LogP) is 6.95. The minimum Gasteiger partial charge on any atom is -0.126 e. The fourth-order valence-electron chi connectivity index (χ4n) is 2.49. The zero-order valence-corrected chi connectivity index (χ0v) is 13.6. The van der Waals surface area contributed by atoms with E-state index in [-0.39, 0.29) is 0 Å². The molecule has 1 heteroatoms. The van der Waals surface area contributed by atoms with Crippen molar-refractivity contribution in [1.29, 1.82) is 0 Å². The van der Waals surface area contributed by atoms with Gasteiger partial charge in [-0.3, -0.25) is 0 Å². The molecule has 0 aliphatic heterocycles. The zero-order chi connectivity index (χ0) is 13.5.